The summed E-state index contributed by atoms with van der Waals surface area (Å²) in [5.41, 5.74) is 6.13. The molecule has 0 aliphatic heterocycles. The van der Waals surface area contributed by atoms with Gasteiger partial charge in [0.1, 0.15) is 0 Å². The lowest BCUT2D eigenvalue weighted by atomic mass is 10.1. The van der Waals surface area contributed by atoms with Crippen LogP contribution in [0.3, 0.4) is 0 Å². The molecule has 7 heteroatoms. The van der Waals surface area contributed by atoms with Crippen LogP contribution in [0, 0.1) is 0 Å². The van der Waals surface area contributed by atoms with Gasteiger partial charge in [-0.25, -0.2) is 8.42 Å². The van der Waals surface area contributed by atoms with Crippen molar-refractivity contribution in [2.45, 2.75) is 17.4 Å². The lowest BCUT2D eigenvalue weighted by Gasteiger charge is -2.11. The van der Waals surface area contributed by atoms with Crippen LogP contribution < -0.4 is 5.73 Å². The third-order valence-electron chi connectivity index (χ3n) is 2.18. The Morgan fingerprint density at radius 3 is 2.53 bits per heavy atom. The summed E-state index contributed by atoms with van der Waals surface area (Å²) in [7, 11) is -3.39. The maximum Gasteiger partial charge on any atom is 0.305 e. The molecule has 0 radical (unpaired) electrons. The Hall–Kier alpha value is -1.11. The fraction of sp³-hybridized carbons (Fsp3) is 0.300. The van der Waals surface area contributed by atoms with Gasteiger partial charge in [0.15, 0.2) is 9.84 Å². The quantitative estimate of drug-likeness (QED) is 0.862. The molecule has 0 saturated carbocycles. The Kier molecular flexibility index (Phi) is 4.13. The second kappa shape index (κ2) is 5.03. The van der Waals surface area contributed by atoms with E-state index >= 15 is 0 Å². The first-order valence-electron chi connectivity index (χ1n) is 4.68. The van der Waals surface area contributed by atoms with Gasteiger partial charge in [0.25, 0.3) is 0 Å². The number of nitrogens with two attached hydrogens (primary N) is 1. The Morgan fingerprint density at radius 1 is 1.53 bits per heavy atom. The fourth-order valence-corrected chi connectivity index (χ4v) is 2.69. The molecule has 0 aliphatic rings. The lowest BCUT2D eigenvalue weighted by Crippen LogP contribution is -2.15. The molecule has 5 nitrogen and oxygen atoms in total. The molecule has 94 valence electrons. The molecule has 1 aromatic carbocycles. The van der Waals surface area contributed by atoms with E-state index in [-0.39, 0.29) is 16.3 Å². The molecular formula is C10H12ClNO4S. The van der Waals surface area contributed by atoms with Gasteiger partial charge in [-0.3, -0.25) is 4.79 Å². The first-order valence-corrected chi connectivity index (χ1v) is 6.95. The molecule has 17 heavy (non-hydrogen) atoms. The van der Waals surface area contributed by atoms with Gasteiger partial charge < -0.3 is 10.8 Å². The SMILES string of the molecule is CS(=O)(=O)c1ccc(C(N)CC(=O)O)cc1Cl. The fourth-order valence-electron chi connectivity index (χ4n) is 1.35. The van der Waals surface area contributed by atoms with Crippen molar-refractivity contribution >= 4 is 27.4 Å². The molecule has 0 amide bonds. The van der Waals surface area contributed by atoms with Crippen LogP contribution >= 0.6 is 11.6 Å². The highest BCUT2D eigenvalue weighted by molar-refractivity contribution is 7.90. The van der Waals surface area contributed by atoms with Crippen molar-refractivity contribution in [3.63, 3.8) is 0 Å². The molecule has 1 unspecified atom stereocenters. The number of aliphatic carboxylic acids is 1. The molecule has 3 N–H and O–H groups in total. The molecule has 0 heterocycles. The molecule has 0 bridgehead atoms. The normalized spacial score (nSPS) is 13.4. The summed E-state index contributed by atoms with van der Waals surface area (Å²) in [5.74, 6) is -1.03. The van der Waals surface area contributed by atoms with Crippen LogP contribution in [-0.2, 0) is 14.6 Å². The molecule has 1 aromatic rings. The number of carboxylic acid groups (broad SMARTS) is 1. The van der Waals surface area contributed by atoms with E-state index in [4.69, 9.17) is 22.4 Å². The Morgan fingerprint density at radius 2 is 2.12 bits per heavy atom. The van der Waals surface area contributed by atoms with Gasteiger partial charge in [-0.05, 0) is 17.7 Å². The molecule has 1 rings (SSSR count). The van der Waals surface area contributed by atoms with E-state index < -0.39 is 21.8 Å². The van der Waals surface area contributed by atoms with Crippen LogP contribution in [0.1, 0.15) is 18.0 Å². The smallest absolute Gasteiger partial charge is 0.305 e. The van der Waals surface area contributed by atoms with E-state index in [2.05, 4.69) is 0 Å². The zero-order valence-corrected chi connectivity index (χ0v) is 10.6. The summed E-state index contributed by atoms with van der Waals surface area (Å²) < 4.78 is 22.6. The summed E-state index contributed by atoms with van der Waals surface area (Å²) in [6.07, 6.45) is 0.805. The van der Waals surface area contributed by atoms with Crippen molar-refractivity contribution in [2.24, 2.45) is 5.73 Å². The second-order valence-corrected chi connectivity index (χ2v) is 6.06. The maximum absolute atomic E-state index is 11.3. The number of hydrogen-bond donors (Lipinski definition) is 2. The van der Waals surface area contributed by atoms with Crippen LogP contribution in [0.5, 0.6) is 0 Å². The van der Waals surface area contributed by atoms with E-state index in [1.165, 1.54) is 18.2 Å². The van der Waals surface area contributed by atoms with E-state index in [1.807, 2.05) is 0 Å². The average molecular weight is 278 g/mol. The number of rotatable bonds is 4. The van der Waals surface area contributed by atoms with Gasteiger partial charge in [-0.2, -0.15) is 0 Å². The number of carbonyl (C=O) groups is 1. The Balaban J connectivity index is 3.09. The van der Waals surface area contributed by atoms with Crippen molar-refractivity contribution < 1.29 is 18.3 Å². The molecular weight excluding hydrogens is 266 g/mol. The number of carboxylic acids is 1. The largest absolute Gasteiger partial charge is 0.481 e. The highest BCUT2D eigenvalue weighted by Gasteiger charge is 2.16. The van der Waals surface area contributed by atoms with E-state index in [0.29, 0.717) is 5.56 Å². The summed E-state index contributed by atoms with van der Waals surface area (Å²) >= 11 is 5.81. The Bertz CT molecular complexity index is 541. The highest BCUT2D eigenvalue weighted by atomic mass is 35.5. The van der Waals surface area contributed by atoms with Crippen LogP contribution in [0.2, 0.25) is 5.02 Å². The van der Waals surface area contributed by atoms with Gasteiger partial charge in [0.2, 0.25) is 0 Å². The topological polar surface area (TPSA) is 97.5 Å². The molecule has 0 aliphatic carbocycles. The van der Waals surface area contributed by atoms with E-state index in [1.54, 1.807) is 0 Å². The maximum atomic E-state index is 11.3. The minimum Gasteiger partial charge on any atom is -0.481 e. The molecule has 0 spiro atoms. The second-order valence-electron chi connectivity index (χ2n) is 3.67. The number of sulfone groups is 1. The van der Waals surface area contributed by atoms with Crippen molar-refractivity contribution in [1.82, 2.24) is 0 Å². The van der Waals surface area contributed by atoms with Crippen LogP contribution in [0.15, 0.2) is 23.1 Å². The molecule has 0 saturated heterocycles. The third-order valence-corrected chi connectivity index (χ3v) is 3.76. The third kappa shape index (κ3) is 3.69. The van der Waals surface area contributed by atoms with Crippen molar-refractivity contribution in [3.05, 3.63) is 28.8 Å². The van der Waals surface area contributed by atoms with Crippen molar-refractivity contribution in [2.75, 3.05) is 6.26 Å². The molecule has 0 fully saturated rings. The van der Waals surface area contributed by atoms with Crippen LogP contribution in [0.4, 0.5) is 0 Å². The van der Waals surface area contributed by atoms with Crippen LogP contribution in [-0.4, -0.2) is 25.7 Å². The number of halogens is 1. The lowest BCUT2D eigenvalue weighted by molar-refractivity contribution is -0.137. The van der Waals surface area contributed by atoms with Gasteiger partial charge in [0.05, 0.1) is 16.3 Å². The van der Waals surface area contributed by atoms with E-state index in [9.17, 15) is 13.2 Å². The molecule has 1 atom stereocenters. The van der Waals surface area contributed by atoms with Crippen molar-refractivity contribution in [3.8, 4) is 0 Å². The zero-order chi connectivity index (χ0) is 13.2. The summed E-state index contributed by atoms with van der Waals surface area (Å²) in [5, 5.41) is 8.64. The Labute approximate surface area is 104 Å². The van der Waals surface area contributed by atoms with Crippen LogP contribution in [0.25, 0.3) is 0 Å². The predicted molar refractivity (Wildman–Crippen MR) is 63.7 cm³/mol. The summed E-state index contributed by atoms with van der Waals surface area (Å²) in [6, 6.07) is 3.47. The summed E-state index contributed by atoms with van der Waals surface area (Å²) in [6.45, 7) is 0. The van der Waals surface area contributed by atoms with Gasteiger partial charge in [-0.15, -0.1) is 0 Å². The van der Waals surface area contributed by atoms with E-state index in [0.717, 1.165) is 6.26 Å². The standard InChI is InChI=1S/C10H12ClNO4S/c1-17(15,16)9-3-2-6(4-7(9)11)8(12)5-10(13)14/h2-4,8H,5,12H2,1H3,(H,13,14). The molecule has 0 aromatic heterocycles. The first kappa shape index (κ1) is 14.0. The predicted octanol–water partition coefficient (Wildman–Crippen LogP) is 1.22. The first-order chi connectivity index (χ1) is 7.71. The van der Waals surface area contributed by atoms with Gasteiger partial charge in [0, 0.05) is 12.3 Å². The minimum absolute atomic E-state index is 0.00504. The highest BCUT2D eigenvalue weighted by Crippen LogP contribution is 2.25. The number of benzene rings is 1. The van der Waals surface area contributed by atoms with Crippen molar-refractivity contribution in [1.29, 1.82) is 0 Å². The monoisotopic (exact) mass is 277 g/mol. The van der Waals surface area contributed by atoms with Gasteiger partial charge in [-0.1, -0.05) is 17.7 Å². The van der Waals surface area contributed by atoms with Gasteiger partial charge >= 0.3 is 5.97 Å². The minimum atomic E-state index is -3.39. The average Bonchev–Trinajstić information content (AvgIpc) is 2.14. The summed E-state index contributed by atoms with van der Waals surface area (Å²) in [4.78, 5) is 10.5. The zero-order valence-electron chi connectivity index (χ0n) is 9.05. The number of hydrogen-bond acceptors (Lipinski definition) is 4.